The first-order chi connectivity index (χ1) is 7.76. The van der Waals surface area contributed by atoms with E-state index in [0.717, 1.165) is 29.3 Å². The topological polar surface area (TPSA) is 40.8 Å². The molecule has 16 heavy (non-hydrogen) atoms. The van der Waals surface area contributed by atoms with Gasteiger partial charge in [-0.25, -0.2) is 4.31 Å². The van der Waals surface area contributed by atoms with Crippen LogP contribution in [0.2, 0.25) is 0 Å². The van der Waals surface area contributed by atoms with Crippen molar-refractivity contribution in [2.45, 2.75) is 11.3 Å². The number of rotatable bonds is 3. The van der Waals surface area contributed by atoms with Gasteiger partial charge in [-0.15, -0.1) is 11.6 Å². The Labute approximate surface area is 104 Å². The first-order valence-corrected chi connectivity index (χ1v) is 6.42. The zero-order valence-electron chi connectivity index (χ0n) is 9.06. The van der Waals surface area contributed by atoms with Crippen LogP contribution < -0.4 is 0 Å². The second-order valence-corrected chi connectivity index (χ2v) is 5.20. The highest BCUT2D eigenvalue weighted by Crippen LogP contribution is 2.32. The van der Waals surface area contributed by atoms with Crippen molar-refractivity contribution < 1.29 is 5.21 Å². The molecule has 0 saturated carbocycles. The number of fused-ring (bicyclic) bond motifs is 1. The predicted molar refractivity (Wildman–Crippen MR) is 66.5 cm³/mol. The lowest BCUT2D eigenvalue weighted by Crippen LogP contribution is -2.31. The molecule has 0 spiro atoms. The number of alkyl halides is 1. The summed E-state index contributed by atoms with van der Waals surface area (Å²) >= 11 is 7.37. The van der Waals surface area contributed by atoms with Gasteiger partial charge in [-0.05, 0) is 24.4 Å². The molecule has 0 saturated heterocycles. The van der Waals surface area contributed by atoms with Crippen LogP contribution >= 0.6 is 23.5 Å². The van der Waals surface area contributed by atoms with Crippen LogP contribution in [0, 0.1) is 0 Å². The Balaban J connectivity index is 2.20. The number of hydrogen-bond donors (Lipinski definition) is 1. The Bertz CT molecular complexity index is 405. The van der Waals surface area contributed by atoms with E-state index < -0.39 is 0 Å². The lowest BCUT2D eigenvalue weighted by molar-refractivity contribution is 0.315. The molecule has 1 N–H and O–H groups in total. The summed E-state index contributed by atoms with van der Waals surface area (Å²) in [6.07, 6.45) is 2.92. The number of hydrogen-bond acceptors (Lipinski definition) is 4. The van der Waals surface area contributed by atoms with Crippen molar-refractivity contribution in [3.63, 3.8) is 0 Å². The third kappa shape index (κ3) is 2.21. The molecule has 0 unspecified atom stereocenters. The fourth-order valence-electron chi connectivity index (χ4n) is 1.78. The van der Waals surface area contributed by atoms with Crippen LogP contribution in [0.25, 0.3) is 0 Å². The molecule has 6 heteroatoms. The molecule has 1 aliphatic heterocycles. The fourth-order valence-corrected chi connectivity index (χ4v) is 3.05. The third-order valence-electron chi connectivity index (χ3n) is 2.52. The molecule has 2 rings (SSSR count). The number of halogens is 1. The van der Waals surface area contributed by atoms with Gasteiger partial charge in [-0.3, -0.25) is 0 Å². The van der Waals surface area contributed by atoms with E-state index in [0.29, 0.717) is 12.4 Å². The van der Waals surface area contributed by atoms with E-state index in [1.54, 1.807) is 11.9 Å². The molecule has 4 nitrogen and oxygen atoms in total. The van der Waals surface area contributed by atoms with Gasteiger partial charge in [0.05, 0.1) is 17.1 Å². The number of oxime groups is 1. The smallest absolute Gasteiger partial charge is 0.119 e. The molecule has 0 bridgehead atoms. The van der Waals surface area contributed by atoms with Crippen molar-refractivity contribution in [1.29, 1.82) is 0 Å². The molecule has 1 aliphatic rings. The van der Waals surface area contributed by atoms with Gasteiger partial charge in [0.15, 0.2) is 0 Å². The lowest BCUT2D eigenvalue weighted by atomic mass is 10.2. The van der Waals surface area contributed by atoms with Crippen molar-refractivity contribution in [3.8, 4) is 0 Å². The number of nitrogens with zero attached hydrogens (tertiary/aromatic N) is 3. The normalized spacial score (nSPS) is 19.0. The van der Waals surface area contributed by atoms with Crippen LogP contribution in [0.3, 0.4) is 0 Å². The Morgan fingerprint density at radius 3 is 3.12 bits per heavy atom. The molecule has 0 amide bonds. The first-order valence-electron chi connectivity index (χ1n) is 5.11. The van der Waals surface area contributed by atoms with Gasteiger partial charge in [0.25, 0.3) is 0 Å². The van der Waals surface area contributed by atoms with Crippen LogP contribution in [0.1, 0.15) is 12.1 Å². The van der Waals surface area contributed by atoms with E-state index in [9.17, 15) is 0 Å². The van der Waals surface area contributed by atoms with Crippen molar-refractivity contribution in [1.82, 2.24) is 8.87 Å². The summed E-state index contributed by atoms with van der Waals surface area (Å²) in [5.74, 6) is 0.657. The highest BCUT2D eigenvalue weighted by molar-refractivity contribution is 7.97. The van der Waals surface area contributed by atoms with Crippen molar-refractivity contribution in [2.24, 2.45) is 12.2 Å². The van der Waals surface area contributed by atoms with Crippen LogP contribution in [-0.4, -0.2) is 38.8 Å². The minimum atomic E-state index is 0.656. The van der Waals surface area contributed by atoms with Gasteiger partial charge in [0.1, 0.15) is 5.71 Å². The van der Waals surface area contributed by atoms with Gasteiger partial charge in [-0.2, -0.15) is 0 Å². The van der Waals surface area contributed by atoms with E-state index >= 15 is 0 Å². The maximum atomic E-state index is 9.04. The summed E-state index contributed by atoms with van der Waals surface area (Å²) in [4.78, 5) is 1.14. The second kappa shape index (κ2) is 5.12. The summed E-state index contributed by atoms with van der Waals surface area (Å²) in [5, 5.41) is 12.4. The van der Waals surface area contributed by atoms with Crippen molar-refractivity contribution >= 4 is 29.3 Å². The zero-order valence-corrected chi connectivity index (χ0v) is 10.6. The quantitative estimate of drug-likeness (QED) is 0.391. The van der Waals surface area contributed by atoms with Crippen LogP contribution in [0.5, 0.6) is 0 Å². The Morgan fingerprint density at radius 1 is 1.62 bits per heavy atom. The molecule has 0 atom stereocenters. The largest absolute Gasteiger partial charge is 0.411 e. The van der Waals surface area contributed by atoms with Gasteiger partial charge < -0.3 is 9.77 Å². The molecule has 1 aromatic heterocycles. The summed E-state index contributed by atoms with van der Waals surface area (Å²) in [6, 6.07) is 2.04. The van der Waals surface area contributed by atoms with Gasteiger partial charge in [0.2, 0.25) is 0 Å². The van der Waals surface area contributed by atoms with Gasteiger partial charge in [0, 0.05) is 25.7 Å². The first kappa shape index (κ1) is 11.8. The third-order valence-corrected chi connectivity index (χ3v) is 3.89. The maximum Gasteiger partial charge on any atom is 0.119 e. The van der Waals surface area contributed by atoms with E-state index in [1.807, 2.05) is 23.9 Å². The average molecular weight is 260 g/mol. The molecular weight excluding hydrogens is 246 g/mol. The highest BCUT2D eigenvalue weighted by atomic mass is 35.5. The van der Waals surface area contributed by atoms with Crippen LogP contribution in [-0.2, 0) is 7.05 Å². The minimum absolute atomic E-state index is 0.656. The van der Waals surface area contributed by atoms with Crippen LogP contribution in [0.15, 0.2) is 22.3 Å². The number of aryl methyl sites for hydroxylation is 1. The van der Waals surface area contributed by atoms with Crippen molar-refractivity contribution in [2.75, 3.05) is 19.0 Å². The summed E-state index contributed by atoms with van der Waals surface area (Å²) < 4.78 is 4.15. The van der Waals surface area contributed by atoms with Crippen LogP contribution in [0.4, 0.5) is 0 Å². The Hall–Kier alpha value is -0.650. The van der Waals surface area contributed by atoms with Gasteiger partial charge >= 0.3 is 0 Å². The maximum absolute atomic E-state index is 9.04. The SMILES string of the molecule is Cn1ccc2c1C(=NO)CN(CCCCl)S2. The van der Waals surface area contributed by atoms with E-state index in [-0.39, 0.29) is 0 Å². The molecule has 0 fully saturated rings. The Kier molecular flexibility index (Phi) is 3.78. The monoisotopic (exact) mass is 259 g/mol. The van der Waals surface area contributed by atoms with E-state index in [2.05, 4.69) is 9.46 Å². The number of aromatic nitrogens is 1. The van der Waals surface area contributed by atoms with E-state index in [1.165, 1.54) is 0 Å². The molecule has 2 heterocycles. The molecule has 88 valence electrons. The summed E-state index contributed by atoms with van der Waals surface area (Å²) in [6.45, 7) is 1.56. The molecule has 1 aromatic rings. The molecule has 0 aromatic carbocycles. The highest BCUT2D eigenvalue weighted by Gasteiger charge is 2.25. The second-order valence-electron chi connectivity index (χ2n) is 3.68. The summed E-state index contributed by atoms with van der Waals surface area (Å²) in [5.41, 5.74) is 1.73. The zero-order chi connectivity index (χ0) is 11.5. The predicted octanol–water partition coefficient (Wildman–Crippen LogP) is 2.16. The Morgan fingerprint density at radius 2 is 2.44 bits per heavy atom. The van der Waals surface area contributed by atoms with Gasteiger partial charge in [-0.1, -0.05) is 5.16 Å². The average Bonchev–Trinajstić information content (AvgIpc) is 2.67. The van der Waals surface area contributed by atoms with E-state index in [4.69, 9.17) is 16.8 Å². The molecular formula is C10H14ClN3OS. The van der Waals surface area contributed by atoms with Crippen molar-refractivity contribution in [3.05, 3.63) is 18.0 Å². The fraction of sp³-hybridized carbons (Fsp3) is 0.500. The minimum Gasteiger partial charge on any atom is -0.411 e. The lowest BCUT2D eigenvalue weighted by Gasteiger charge is -2.26. The molecule has 0 radical (unpaired) electrons. The molecule has 0 aliphatic carbocycles. The summed E-state index contributed by atoms with van der Waals surface area (Å²) in [7, 11) is 1.96. The standard InChI is InChI=1S/C10H14ClN3OS/c1-13-6-3-9-10(13)8(12-15)7-14(16-9)5-2-4-11/h3,6,15H,2,4-5,7H2,1H3.